The van der Waals surface area contributed by atoms with Gasteiger partial charge < -0.3 is 24.5 Å². The van der Waals surface area contributed by atoms with Crippen molar-refractivity contribution in [2.75, 3.05) is 21.3 Å². The van der Waals surface area contributed by atoms with Crippen LogP contribution in [-0.2, 0) is 12.0 Å². The molecule has 1 fully saturated rings. The Kier molecular flexibility index (Phi) is 5.56. The first-order valence-electron chi connectivity index (χ1n) is 7.50. The zero-order valence-electron chi connectivity index (χ0n) is 14.0. The molecule has 1 aliphatic carbocycles. The average Bonchev–Trinajstić information content (AvgIpc) is 3.00. The Hall–Kier alpha value is -1.99. The van der Waals surface area contributed by atoms with Crippen molar-refractivity contribution in [3.63, 3.8) is 0 Å². The van der Waals surface area contributed by atoms with E-state index in [-0.39, 0.29) is 12.4 Å². The number of methoxy groups -OCH3 is 3. The van der Waals surface area contributed by atoms with Gasteiger partial charge in [0.05, 0.1) is 33.3 Å². The summed E-state index contributed by atoms with van der Waals surface area (Å²) >= 11 is 0. The minimum absolute atomic E-state index is 0. The van der Waals surface area contributed by atoms with Crippen molar-refractivity contribution in [1.29, 1.82) is 0 Å². The molecular formula is C16H22ClN3O4. The third-order valence-electron chi connectivity index (χ3n) is 4.24. The predicted octanol–water partition coefficient (Wildman–Crippen LogP) is 2.45. The molecule has 24 heavy (non-hydrogen) atoms. The molecule has 7 nitrogen and oxygen atoms in total. The Morgan fingerprint density at radius 2 is 1.75 bits per heavy atom. The van der Waals surface area contributed by atoms with E-state index in [1.807, 2.05) is 12.1 Å². The van der Waals surface area contributed by atoms with Gasteiger partial charge in [-0.25, -0.2) is 0 Å². The first-order chi connectivity index (χ1) is 11.1. The third kappa shape index (κ3) is 3.27. The van der Waals surface area contributed by atoms with Crippen molar-refractivity contribution in [3.8, 4) is 17.2 Å². The van der Waals surface area contributed by atoms with Crippen molar-refractivity contribution in [1.82, 2.24) is 10.1 Å². The number of nitrogens with two attached hydrogens (primary N) is 1. The van der Waals surface area contributed by atoms with Crippen LogP contribution in [0.25, 0.3) is 0 Å². The zero-order valence-corrected chi connectivity index (χ0v) is 14.8. The summed E-state index contributed by atoms with van der Waals surface area (Å²) in [5, 5.41) is 4.03. The largest absolute Gasteiger partial charge is 0.493 e. The minimum atomic E-state index is -0.420. The number of ether oxygens (including phenoxy) is 3. The summed E-state index contributed by atoms with van der Waals surface area (Å²) in [6.45, 7) is 0. The molecule has 2 aromatic rings. The van der Waals surface area contributed by atoms with E-state index < -0.39 is 5.54 Å². The summed E-state index contributed by atoms with van der Waals surface area (Å²) in [5.74, 6) is 2.85. The van der Waals surface area contributed by atoms with E-state index in [1.54, 1.807) is 21.3 Å². The molecule has 0 saturated heterocycles. The predicted molar refractivity (Wildman–Crippen MR) is 90.2 cm³/mol. The molecule has 1 aliphatic rings. The van der Waals surface area contributed by atoms with Crippen LogP contribution in [0.15, 0.2) is 16.7 Å². The Bertz CT molecular complexity index is 675. The smallest absolute Gasteiger partial charge is 0.231 e. The SMILES string of the molecule is COc1cc(Cc2nc(C3(N)CCC3)no2)cc(OC)c1OC.Cl. The first-order valence-corrected chi connectivity index (χ1v) is 7.50. The molecule has 8 heteroatoms. The summed E-state index contributed by atoms with van der Waals surface area (Å²) < 4.78 is 21.4. The lowest BCUT2D eigenvalue weighted by molar-refractivity contribution is 0.229. The van der Waals surface area contributed by atoms with E-state index in [0.717, 1.165) is 24.8 Å². The maximum Gasteiger partial charge on any atom is 0.231 e. The zero-order chi connectivity index (χ0) is 16.4. The van der Waals surface area contributed by atoms with E-state index in [0.29, 0.717) is 35.4 Å². The lowest BCUT2D eigenvalue weighted by Crippen LogP contribution is -2.44. The van der Waals surface area contributed by atoms with E-state index in [2.05, 4.69) is 10.1 Å². The van der Waals surface area contributed by atoms with Crippen molar-refractivity contribution in [2.24, 2.45) is 5.73 Å². The lowest BCUT2D eigenvalue weighted by atomic mass is 9.77. The fourth-order valence-corrected chi connectivity index (χ4v) is 2.72. The summed E-state index contributed by atoms with van der Waals surface area (Å²) in [6.07, 6.45) is 3.37. The third-order valence-corrected chi connectivity index (χ3v) is 4.24. The van der Waals surface area contributed by atoms with Crippen LogP contribution in [0.2, 0.25) is 0 Å². The molecule has 1 saturated carbocycles. The second-order valence-electron chi connectivity index (χ2n) is 5.73. The van der Waals surface area contributed by atoms with Gasteiger partial charge in [-0.15, -0.1) is 12.4 Å². The van der Waals surface area contributed by atoms with Crippen LogP contribution in [0, 0.1) is 0 Å². The van der Waals surface area contributed by atoms with Gasteiger partial charge in [0.1, 0.15) is 0 Å². The molecule has 0 aliphatic heterocycles. The number of nitrogens with zero attached hydrogens (tertiary/aromatic N) is 2. The monoisotopic (exact) mass is 355 g/mol. The van der Waals surface area contributed by atoms with Gasteiger partial charge in [-0.05, 0) is 37.0 Å². The molecule has 0 radical (unpaired) electrons. The van der Waals surface area contributed by atoms with E-state index in [1.165, 1.54) is 0 Å². The van der Waals surface area contributed by atoms with E-state index in [9.17, 15) is 0 Å². The molecule has 3 rings (SSSR count). The molecule has 0 bridgehead atoms. The van der Waals surface area contributed by atoms with Gasteiger partial charge in [0, 0.05) is 0 Å². The highest BCUT2D eigenvalue weighted by Crippen LogP contribution is 2.39. The Morgan fingerprint density at radius 3 is 2.21 bits per heavy atom. The fourth-order valence-electron chi connectivity index (χ4n) is 2.72. The van der Waals surface area contributed by atoms with Gasteiger partial charge in [0.25, 0.3) is 0 Å². The van der Waals surface area contributed by atoms with Crippen molar-refractivity contribution in [2.45, 2.75) is 31.2 Å². The molecule has 132 valence electrons. The highest BCUT2D eigenvalue weighted by atomic mass is 35.5. The normalized spacial score (nSPS) is 15.2. The second kappa shape index (κ2) is 7.27. The number of hydrogen-bond acceptors (Lipinski definition) is 7. The summed E-state index contributed by atoms with van der Waals surface area (Å²) in [7, 11) is 4.74. The van der Waals surface area contributed by atoms with Crippen LogP contribution in [0.1, 0.15) is 36.5 Å². The standard InChI is InChI=1S/C16H21N3O4.ClH/c1-20-11-7-10(8-12(21-2)14(11)22-3)9-13-18-15(19-23-13)16(17)5-4-6-16;/h7-8H,4-6,9,17H2,1-3H3;1H. The summed E-state index contributed by atoms with van der Waals surface area (Å²) in [5.41, 5.74) is 6.72. The molecule has 0 atom stereocenters. The van der Waals surface area contributed by atoms with Gasteiger partial charge in [-0.2, -0.15) is 4.98 Å². The van der Waals surface area contributed by atoms with Gasteiger partial charge in [-0.3, -0.25) is 0 Å². The van der Waals surface area contributed by atoms with Gasteiger partial charge in [-0.1, -0.05) is 5.16 Å². The van der Waals surface area contributed by atoms with E-state index >= 15 is 0 Å². The van der Waals surface area contributed by atoms with Gasteiger partial charge in [0.15, 0.2) is 17.3 Å². The van der Waals surface area contributed by atoms with Crippen LogP contribution < -0.4 is 19.9 Å². The van der Waals surface area contributed by atoms with Gasteiger partial charge >= 0.3 is 0 Å². The first kappa shape index (κ1) is 18.4. The van der Waals surface area contributed by atoms with Crippen LogP contribution in [-0.4, -0.2) is 31.5 Å². The molecule has 1 heterocycles. The quantitative estimate of drug-likeness (QED) is 0.850. The lowest BCUT2D eigenvalue weighted by Gasteiger charge is -2.34. The highest BCUT2D eigenvalue weighted by molar-refractivity contribution is 5.85. The summed E-state index contributed by atoms with van der Waals surface area (Å²) in [4.78, 5) is 4.44. The number of hydrogen-bond donors (Lipinski definition) is 1. The molecule has 0 spiro atoms. The minimum Gasteiger partial charge on any atom is -0.493 e. The molecule has 0 amide bonds. The van der Waals surface area contributed by atoms with Crippen LogP contribution in [0.5, 0.6) is 17.2 Å². The number of halogens is 1. The maximum absolute atomic E-state index is 6.22. The van der Waals surface area contributed by atoms with Crippen molar-refractivity contribution >= 4 is 12.4 Å². The average molecular weight is 356 g/mol. The van der Waals surface area contributed by atoms with Crippen LogP contribution in [0.3, 0.4) is 0 Å². The topological polar surface area (TPSA) is 92.6 Å². The number of aromatic nitrogens is 2. The van der Waals surface area contributed by atoms with Crippen molar-refractivity contribution in [3.05, 3.63) is 29.4 Å². The Labute approximate surface area is 146 Å². The molecule has 0 unspecified atom stereocenters. The number of rotatable bonds is 6. The maximum atomic E-state index is 6.22. The molecule has 2 N–H and O–H groups in total. The Morgan fingerprint density at radius 1 is 1.12 bits per heavy atom. The number of benzene rings is 1. The fraction of sp³-hybridized carbons (Fsp3) is 0.500. The molecule has 1 aromatic heterocycles. The van der Waals surface area contributed by atoms with E-state index in [4.69, 9.17) is 24.5 Å². The summed E-state index contributed by atoms with van der Waals surface area (Å²) in [6, 6.07) is 3.74. The second-order valence-corrected chi connectivity index (χ2v) is 5.73. The molecule has 1 aromatic carbocycles. The Balaban J connectivity index is 0.00000208. The highest BCUT2D eigenvalue weighted by Gasteiger charge is 2.38. The van der Waals surface area contributed by atoms with Crippen LogP contribution in [0.4, 0.5) is 0 Å². The van der Waals surface area contributed by atoms with Crippen molar-refractivity contribution < 1.29 is 18.7 Å². The molecular weight excluding hydrogens is 334 g/mol. The van der Waals surface area contributed by atoms with Crippen LogP contribution >= 0.6 is 12.4 Å². The van der Waals surface area contributed by atoms with Gasteiger partial charge in [0.2, 0.25) is 11.6 Å².